The van der Waals surface area contributed by atoms with Gasteiger partial charge in [-0.1, -0.05) is 42.1 Å². The standard InChI is InChI=1S/C18H23NO2S/c1-19(12-7-8-12)15-9-14-13(15)10-16(17(14)20)22-18(21)11-5-3-2-4-6-11/h2-6,12-17,20H,7-10H2,1H3/t13-,14-,15+,16+,17+/m1/s1. The van der Waals surface area contributed by atoms with Gasteiger partial charge in [0.2, 0.25) is 5.12 Å². The molecular formula is C18H23NO2S. The first kappa shape index (κ1) is 14.7. The molecule has 4 heteroatoms. The summed E-state index contributed by atoms with van der Waals surface area (Å²) in [6.45, 7) is 0. The highest BCUT2D eigenvalue weighted by Gasteiger charge is 2.56. The van der Waals surface area contributed by atoms with E-state index in [4.69, 9.17) is 0 Å². The minimum atomic E-state index is -0.313. The Hall–Kier alpha value is -0.840. The zero-order valence-electron chi connectivity index (χ0n) is 12.9. The Balaban J connectivity index is 1.39. The molecule has 0 amide bonds. The van der Waals surface area contributed by atoms with Crippen molar-refractivity contribution in [3.63, 3.8) is 0 Å². The molecule has 3 aliphatic rings. The van der Waals surface area contributed by atoms with Gasteiger partial charge >= 0.3 is 0 Å². The van der Waals surface area contributed by atoms with Crippen molar-refractivity contribution < 1.29 is 9.90 Å². The molecule has 5 atom stereocenters. The van der Waals surface area contributed by atoms with Crippen molar-refractivity contribution >= 4 is 16.9 Å². The molecule has 0 spiro atoms. The first-order valence-electron chi connectivity index (χ1n) is 8.31. The molecule has 1 N–H and O–H groups in total. The summed E-state index contributed by atoms with van der Waals surface area (Å²) in [5.74, 6) is 0.994. The number of nitrogens with zero attached hydrogens (tertiary/aromatic N) is 1. The second-order valence-corrected chi connectivity index (χ2v) is 8.28. The van der Waals surface area contributed by atoms with Crippen molar-refractivity contribution in [2.45, 2.75) is 49.1 Å². The topological polar surface area (TPSA) is 40.5 Å². The van der Waals surface area contributed by atoms with Crippen LogP contribution in [0.2, 0.25) is 0 Å². The van der Waals surface area contributed by atoms with Crippen LogP contribution in [0.4, 0.5) is 0 Å². The van der Waals surface area contributed by atoms with Gasteiger partial charge in [0.25, 0.3) is 0 Å². The monoisotopic (exact) mass is 317 g/mol. The molecule has 0 saturated heterocycles. The number of carbonyl (C=O) groups is 1. The highest BCUT2D eigenvalue weighted by Crippen LogP contribution is 2.53. The fourth-order valence-electron chi connectivity index (χ4n) is 4.24. The van der Waals surface area contributed by atoms with Crippen molar-refractivity contribution in [2.24, 2.45) is 11.8 Å². The van der Waals surface area contributed by atoms with Gasteiger partial charge in [-0.25, -0.2) is 0 Å². The fraction of sp³-hybridized carbons (Fsp3) is 0.611. The van der Waals surface area contributed by atoms with Crippen LogP contribution in [0.1, 0.15) is 36.0 Å². The normalized spacial score (nSPS) is 37.0. The second-order valence-electron chi connectivity index (χ2n) is 7.06. The smallest absolute Gasteiger partial charge is 0.219 e. The molecular weight excluding hydrogens is 294 g/mol. The number of thioether (sulfide) groups is 1. The maximum atomic E-state index is 12.4. The third-order valence-corrected chi connectivity index (χ3v) is 7.02. The van der Waals surface area contributed by atoms with Gasteiger partial charge in [0.05, 0.1) is 6.10 Å². The predicted molar refractivity (Wildman–Crippen MR) is 88.9 cm³/mol. The van der Waals surface area contributed by atoms with Crippen LogP contribution in [-0.4, -0.2) is 45.6 Å². The first-order chi connectivity index (χ1) is 10.6. The van der Waals surface area contributed by atoms with Crippen LogP contribution < -0.4 is 0 Å². The van der Waals surface area contributed by atoms with Crippen LogP contribution in [0.5, 0.6) is 0 Å². The van der Waals surface area contributed by atoms with Gasteiger partial charge in [-0.05, 0) is 44.6 Å². The van der Waals surface area contributed by atoms with Crippen molar-refractivity contribution in [1.29, 1.82) is 0 Å². The van der Waals surface area contributed by atoms with Crippen molar-refractivity contribution in [2.75, 3.05) is 7.05 Å². The van der Waals surface area contributed by atoms with E-state index < -0.39 is 0 Å². The summed E-state index contributed by atoms with van der Waals surface area (Å²) in [6.07, 6.45) is 4.44. The first-order valence-corrected chi connectivity index (χ1v) is 9.19. The molecule has 0 aromatic heterocycles. The van der Waals surface area contributed by atoms with E-state index in [-0.39, 0.29) is 16.5 Å². The molecule has 0 heterocycles. The lowest BCUT2D eigenvalue weighted by Gasteiger charge is -2.46. The summed E-state index contributed by atoms with van der Waals surface area (Å²) >= 11 is 1.35. The van der Waals surface area contributed by atoms with Gasteiger partial charge in [0.15, 0.2) is 0 Å². The summed E-state index contributed by atoms with van der Waals surface area (Å²) in [5, 5.41) is 10.7. The average molecular weight is 317 g/mol. The molecule has 0 radical (unpaired) electrons. The van der Waals surface area contributed by atoms with Crippen LogP contribution >= 0.6 is 11.8 Å². The maximum absolute atomic E-state index is 12.4. The summed E-state index contributed by atoms with van der Waals surface area (Å²) in [5.41, 5.74) is 0.741. The lowest BCUT2D eigenvalue weighted by atomic mass is 9.70. The number of aliphatic hydroxyl groups is 1. The molecule has 3 aliphatic carbocycles. The molecule has 0 bridgehead atoms. The Morgan fingerprint density at radius 3 is 2.59 bits per heavy atom. The van der Waals surface area contributed by atoms with E-state index >= 15 is 0 Å². The molecule has 0 aliphatic heterocycles. The molecule has 3 fully saturated rings. The lowest BCUT2D eigenvalue weighted by Crippen LogP contribution is -2.52. The number of aliphatic hydroxyl groups excluding tert-OH is 1. The second kappa shape index (κ2) is 5.66. The lowest BCUT2D eigenvalue weighted by molar-refractivity contribution is -0.0141. The number of hydrogen-bond acceptors (Lipinski definition) is 4. The van der Waals surface area contributed by atoms with Gasteiger partial charge in [-0.15, -0.1) is 0 Å². The minimum absolute atomic E-state index is 0.0697. The highest BCUT2D eigenvalue weighted by molar-refractivity contribution is 8.14. The quantitative estimate of drug-likeness (QED) is 0.927. The van der Waals surface area contributed by atoms with E-state index in [0.29, 0.717) is 17.9 Å². The predicted octanol–water partition coefficient (Wildman–Crippen LogP) is 2.79. The Bertz CT molecular complexity index is 559. The number of fused-ring (bicyclic) bond motifs is 1. The summed E-state index contributed by atoms with van der Waals surface area (Å²) < 4.78 is 0. The SMILES string of the molecule is CN(C1CC1)[C@H]1C[C@H]2[C@H](O)[C@@H](SC(=O)c3ccccc3)C[C@H]21. The van der Waals surface area contributed by atoms with Crippen LogP contribution in [-0.2, 0) is 0 Å². The van der Waals surface area contributed by atoms with Crippen LogP contribution in [0.25, 0.3) is 0 Å². The van der Waals surface area contributed by atoms with Gasteiger partial charge < -0.3 is 10.0 Å². The fourth-order valence-corrected chi connectivity index (χ4v) is 5.45. The Kier molecular flexibility index (Phi) is 3.79. The summed E-state index contributed by atoms with van der Waals surface area (Å²) in [6, 6.07) is 10.8. The highest BCUT2D eigenvalue weighted by atomic mass is 32.2. The largest absolute Gasteiger partial charge is 0.392 e. The summed E-state index contributed by atoms with van der Waals surface area (Å²) in [4.78, 5) is 14.9. The number of carbonyl (C=O) groups excluding carboxylic acids is 1. The van der Waals surface area contributed by atoms with Crippen LogP contribution in [0.15, 0.2) is 30.3 Å². The Morgan fingerprint density at radius 2 is 1.91 bits per heavy atom. The van der Waals surface area contributed by atoms with Crippen LogP contribution in [0.3, 0.4) is 0 Å². The van der Waals surface area contributed by atoms with Gasteiger partial charge in [-0.2, -0.15) is 0 Å². The molecule has 118 valence electrons. The van der Waals surface area contributed by atoms with E-state index in [1.165, 1.54) is 24.6 Å². The maximum Gasteiger partial charge on any atom is 0.219 e. The molecule has 4 rings (SSSR count). The number of hydrogen-bond donors (Lipinski definition) is 1. The molecule has 0 unspecified atom stereocenters. The number of rotatable bonds is 4. The number of benzene rings is 1. The molecule has 3 nitrogen and oxygen atoms in total. The molecule has 3 saturated carbocycles. The van der Waals surface area contributed by atoms with E-state index in [1.54, 1.807) is 0 Å². The molecule has 22 heavy (non-hydrogen) atoms. The van der Waals surface area contributed by atoms with Crippen molar-refractivity contribution in [3.05, 3.63) is 35.9 Å². The third-order valence-electron chi connectivity index (χ3n) is 5.80. The van der Waals surface area contributed by atoms with Crippen molar-refractivity contribution in [3.8, 4) is 0 Å². The van der Waals surface area contributed by atoms with Gasteiger partial charge in [0, 0.05) is 22.9 Å². The van der Waals surface area contributed by atoms with E-state index in [2.05, 4.69) is 11.9 Å². The van der Waals surface area contributed by atoms with Crippen molar-refractivity contribution in [1.82, 2.24) is 4.90 Å². The Morgan fingerprint density at radius 1 is 1.18 bits per heavy atom. The Labute approximate surface area is 136 Å². The van der Waals surface area contributed by atoms with E-state index in [0.717, 1.165) is 24.4 Å². The average Bonchev–Trinajstić information content (AvgIpc) is 3.32. The summed E-state index contributed by atoms with van der Waals surface area (Å²) in [7, 11) is 2.24. The molecule has 1 aromatic rings. The zero-order valence-corrected chi connectivity index (χ0v) is 13.7. The van der Waals surface area contributed by atoms with E-state index in [9.17, 15) is 9.90 Å². The van der Waals surface area contributed by atoms with Crippen LogP contribution in [0, 0.1) is 11.8 Å². The van der Waals surface area contributed by atoms with E-state index in [1.807, 2.05) is 30.3 Å². The molecule has 1 aromatic carbocycles. The third kappa shape index (κ3) is 2.51. The zero-order chi connectivity index (χ0) is 15.3. The van der Waals surface area contributed by atoms with Gasteiger partial charge in [-0.3, -0.25) is 4.79 Å². The van der Waals surface area contributed by atoms with Gasteiger partial charge in [0.1, 0.15) is 0 Å². The minimum Gasteiger partial charge on any atom is -0.392 e.